The van der Waals surface area contributed by atoms with E-state index in [4.69, 9.17) is 5.73 Å². The molecule has 1 fully saturated rings. The van der Waals surface area contributed by atoms with Crippen LogP contribution in [0.1, 0.15) is 22.5 Å². The van der Waals surface area contributed by atoms with Gasteiger partial charge in [0.25, 0.3) is 5.91 Å². The lowest BCUT2D eigenvalue weighted by Gasteiger charge is -2.28. The predicted octanol–water partition coefficient (Wildman–Crippen LogP) is 2.56. The van der Waals surface area contributed by atoms with Crippen molar-refractivity contribution in [3.05, 3.63) is 29.1 Å². The number of fused-ring (bicyclic) bond motifs is 1. The zero-order valence-electron chi connectivity index (χ0n) is 12.3. The van der Waals surface area contributed by atoms with Crippen LogP contribution in [-0.4, -0.2) is 37.5 Å². The van der Waals surface area contributed by atoms with Gasteiger partial charge in [-0.25, -0.2) is 0 Å². The van der Waals surface area contributed by atoms with Crippen LogP contribution in [0, 0.1) is 5.92 Å². The van der Waals surface area contributed by atoms with Gasteiger partial charge in [-0.1, -0.05) is 18.2 Å². The van der Waals surface area contributed by atoms with Gasteiger partial charge in [0.15, 0.2) is 0 Å². The highest BCUT2D eigenvalue weighted by molar-refractivity contribution is 7.21. The van der Waals surface area contributed by atoms with Crippen LogP contribution < -0.4 is 11.1 Å². The number of nitrogens with zero attached hydrogens (tertiary/aromatic N) is 1. The molecule has 0 radical (unpaired) electrons. The molecule has 0 spiro atoms. The number of hydrogen-bond donors (Lipinski definition) is 2. The summed E-state index contributed by atoms with van der Waals surface area (Å²) in [5.74, 6) is 0.549. The molecule has 1 aliphatic rings. The van der Waals surface area contributed by atoms with E-state index < -0.39 is 0 Å². The molecule has 3 rings (SSSR count). The van der Waals surface area contributed by atoms with Crippen molar-refractivity contribution in [2.24, 2.45) is 5.92 Å². The minimum absolute atomic E-state index is 0.0346. The highest BCUT2D eigenvalue weighted by Gasteiger charge is 2.20. The first kappa shape index (κ1) is 14.4. The Kier molecular flexibility index (Phi) is 4.12. The summed E-state index contributed by atoms with van der Waals surface area (Å²) in [5.41, 5.74) is 6.72. The maximum absolute atomic E-state index is 12.4. The van der Waals surface area contributed by atoms with Crippen LogP contribution in [0.4, 0.5) is 5.69 Å². The number of nitrogens with one attached hydrogen (secondary N) is 1. The molecule has 3 N–H and O–H groups in total. The SMILES string of the molecule is CN1CCC(CNC(=O)c2sc3ccccc3c2N)CC1. The molecule has 0 aliphatic carbocycles. The summed E-state index contributed by atoms with van der Waals surface area (Å²) >= 11 is 1.47. The summed E-state index contributed by atoms with van der Waals surface area (Å²) in [6.45, 7) is 2.98. The van der Waals surface area contributed by atoms with Gasteiger partial charge in [0.05, 0.1) is 5.69 Å². The number of amides is 1. The first-order chi connectivity index (χ1) is 10.1. The summed E-state index contributed by atoms with van der Waals surface area (Å²) in [6, 6.07) is 7.89. The number of likely N-dealkylation sites (tertiary alicyclic amines) is 1. The topological polar surface area (TPSA) is 58.4 Å². The average molecular weight is 303 g/mol. The molecule has 4 nitrogen and oxygen atoms in total. The van der Waals surface area contributed by atoms with Crippen molar-refractivity contribution in [2.75, 3.05) is 32.4 Å². The maximum Gasteiger partial charge on any atom is 0.263 e. The largest absolute Gasteiger partial charge is 0.397 e. The second kappa shape index (κ2) is 6.03. The normalized spacial score (nSPS) is 17.2. The van der Waals surface area contributed by atoms with E-state index >= 15 is 0 Å². The summed E-state index contributed by atoms with van der Waals surface area (Å²) < 4.78 is 1.07. The van der Waals surface area contributed by atoms with E-state index in [1.807, 2.05) is 24.3 Å². The van der Waals surface area contributed by atoms with Crippen molar-refractivity contribution in [1.82, 2.24) is 10.2 Å². The predicted molar refractivity (Wildman–Crippen MR) is 88.8 cm³/mol. The molecule has 1 aromatic heterocycles. The molecule has 2 heterocycles. The average Bonchev–Trinajstić information content (AvgIpc) is 2.84. The molecule has 1 saturated heterocycles. The Balaban J connectivity index is 1.65. The highest BCUT2D eigenvalue weighted by Crippen LogP contribution is 2.33. The minimum atomic E-state index is -0.0346. The third kappa shape index (κ3) is 3.04. The number of piperidine rings is 1. The van der Waals surface area contributed by atoms with E-state index in [1.165, 1.54) is 11.3 Å². The van der Waals surface area contributed by atoms with E-state index in [9.17, 15) is 4.79 Å². The molecule has 0 unspecified atom stereocenters. The fraction of sp³-hybridized carbons (Fsp3) is 0.438. The van der Waals surface area contributed by atoms with Gasteiger partial charge in [-0.3, -0.25) is 4.79 Å². The third-order valence-electron chi connectivity index (χ3n) is 4.23. The lowest BCUT2D eigenvalue weighted by Crippen LogP contribution is -2.36. The van der Waals surface area contributed by atoms with Crippen LogP contribution in [0.15, 0.2) is 24.3 Å². The second-order valence-corrected chi connectivity index (χ2v) is 6.85. The van der Waals surface area contributed by atoms with E-state index in [-0.39, 0.29) is 5.91 Å². The van der Waals surface area contributed by atoms with Crippen molar-refractivity contribution in [2.45, 2.75) is 12.8 Å². The second-order valence-electron chi connectivity index (χ2n) is 5.80. The molecule has 21 heavy (non-hydrogen) atoms. The Morgan fingerprint density at radius 2 is 2.10 bits per heavy atom. The van der Waals surface area contributed by atoms with Crippen molar-refractivity contribution >= 4 is 33.0 Å². The smallest absolute Gasteiger partial charge is 0.263 e. The van der Waals surface area contributed by atoms with Gasteiger partial charge < -0.3 is 16.0 Å². The number of carbonyl (C=O) groups is 1. The fourth-order valence-corrected chi connectivity index (χ4v) is 3.86. The molecular weight excluding hydrogens is 282 g/mol. The number of rotatable bonds is 3. The van der Waals surface area contributed by atoms with Crippen LogP contribution in [0.25, 0.3) is 10.1 Å². The molecule has 5 heteroatoms. The van der Waals surface area contributed by atoms with Crippen LogP contribution in [0.3, 0.4) is 0 Å². The zero-order chi connectivity index (χ0) is 14.8. The number of thiophene rings is 1. The first-order valence-electron chi connectivity index (χ1n) is 7.39. The molecule has 1 aliphatic heterocycles. The maximum atomic E-state index is 12.4. The number of nitrogens with two attached hydrogens (primary N) is 1. The molecule has 112 valence electrons. The minimum Gasteiger partial charge on any atom is -0.397 e. The van der Waals surface area contributed by atoms with Crippen LogP contribution >= 0.6 is 11.3 Å². The fourth-order valence-electron chi connectivity index (χ4n) is 2.82. The van der Waals surface area contributed by atoms with Crippen molar-refractivity contribution in [3.63, 3.8) is 0 Å². The van der Waals surface area contributed by atoms with Gasteiger partial charge in [0, 0.05) is 16.6 Å². The summed E-state index contributed by atoms with van der Waals surface area (Å²) in [6.07, 6.45) is 2.30. The van der Waals surface area contributed by atoms with Gasteiger partial charge in [-0.05, 0) is 45.0 Å². The number of nitrogen functional groups attached to an aromatic ring is 1. The lowest BCUT2D eigenvalue weighted by molar-refractivity contribution is 0.0944. The van der Waals surface area contributed by atoms with E-state index in [0.717, 1.165) is 42.6 Å². The molecule has 1 aromatic carbocycles. The van der Waals surface area contributed by atoms with Gasteiger partial charge in [-0.2, -0.15) is 0 Å². The molecule has 1 amide bonds. The van der Waals surface area contributed by atoms with Gasteiger partial charge in [0.2, 0.25) is 0 Å². The summed E-state index contributed by atoms with van der Waals surface area (Å²) in [4.78, 5) is 15.3. The third-order valence-corrected chi connectivity index (χ3v) is 5.41. The highest BCUT2D eigenvalue weighted by atomic mass is 32.1. The van der Waals surface area contributed by atoms with Crippen LogP contribution in [-0.2, 0) is 0 Å². The Morgan fingerprint density at radius 3 is 2.81 bits per heavy atom. The number of carbonyl (C=O) groups excluding carboxylic acids is 1. The summed E-state index contributed by atoms with van der Waals surface area (Å²) in [5, 5.41) is 4.04. The molecule has 0 saturated carbocycles. The quantitative estimate of drug-likeness (QED) is 0.916. The Morgan fingerprint density at radius 1 is 1.38 bits per heavy atom. The van der Waals surface area contributed by atoms with E-state index in [2.05, 4.69) is 17.3 Å². The first-order valence-corrected chi connectivity index (χ1v) is 8.20. The lowest BCUT2D eigenvalue weighted by atomic mass is 9.97. The van der Waals surface area contributed by atoms with E-state index in [0.29, 0.717) is 16.5 Å². The van der Waals surface area contributed by atoms with Crippen LogP contribution in [0.5, 0.6) is 0 Å². The van der Waals surface area contributed by atoms with Crippen LogP contribution in [0.2, 0.25) is 0 Å². The number of hydrogen-bond acceptors (Lipinski definition) is 4. The van der Waals surface area contributed by atoms with Crippen molar-refractivity contribution in [3.8, 4) is 0 Å². The molecule has 0 bridgehead atoms. The Labute approximate surface area is 128 Å². The summed E-state index contributed by atoms with van der Waals surface area (Å²) in [7, 11) is 2.15. The van der Waals surface area contributed by atoms with Crippen molar-refractivity contribution < 1.29 is 4.79 Å². The molecule has 2 aromatic rings. The zero-order valence-corrected chi connectivity index (χ0v) is 13.1. The Hall–Kier alpha value is -1.59. The van der Waals surface area contributed by atoms with E-state index in [1.54, 1.807) is 0 Å². The van der Waals surface area contributed by atoms with Gasteiger partial charge in [0.1, 0.15) is 4.88 Å². The van der Waals surface area contributed by atoms with Gasteiger partial charge >= 0.3 is 0 Å². The van der Waals surface area contributed by atoms with Crippen molar-refractivity contribution in [1.29, 1.82) is 0 Å². The number of benzene rings is 1. The standard InChI is InChI=1S/C16H21N3OS/c1-19-8-6-11(7-9-19)10-18-16(20)15-14(17)12-4-2-3-5-13(12)21-15/h2-5,11H,6-10,17H2,1H3,(H,18,20). The molecular formula is C16H21N3OS. The Bertz CT molecular complexity index is 644. The number of anilines is 1. The monoisotopic (exact) mass is 303 g/mol. The van der Waals surface area contributed by atoms with Gasteiger partial charge in [-0.15, -0.1) is 11.3 Å². The molecule has 0 atom stereocenters.